The molecule has 0 spiro atoms. The number of nitrogens with one attached hydrogen (secondary N) is 1. The predicted molar refractivity (Wildman–Crippen MR) is 95.6 cm³/mol. The Balaban J connectivity index is 1.96. The third-order valence-corrected chi connectivity index (χ3v) is 4.46. The summed E-state index contributed by atoms with van der Waals surface area (Å²) in [6.45, 7) is 5.56. The molecule has 3 rings (SSSR count). The van der Waals surface area contributed by atoms with Gasteiger partial charge in [-0.3, -0.25) is 4.79 Å². The number of allylic oxidation sites excluding steroid dienone is 1. The summed E-state index contributed by atoms with van der Waals surface area (Å²) in [6, 6.07) is 10.1. The molecule has 0 saturated heterocycles. The van der Waals surface area contributed by atoms with E-state index in [2.05, 4.69) is 11.9 Å². The third-order valence-electron chi connectivity index (χ3n) is 4.46. The zero-order valence-corrected chi connectivity index (χ0v) is 14.0. The Hall–Kier alpha value is -2.36. The standard InChI is InChI=1S/C20H23FN2O/c1-14(2)22-18-13-16(9-10-17(18)21)19(11-8-15-6-7-15)23-12-4-3-5-20(23)24/h3-5,9-10,12-13,15,19,22H,1,6-8,11H2,2H3. The van der Waals surface area contributed by atoms with Gasteiger partial charge in [0.2, 0.25) is 0 Å². The minimum atomic E-state index is -0.317. The molecule has 24 heavy (non-hydrogen) atoms. The molecule has 1 fully saturated rings. The fourth-order valence-electron chi connectivity index (χ4n) is 3.04. The molecule has 1 unspecified atom stereocenters. The Morgan fingerprint density at radius 1 is 1.38 bits per heavy atom. The lowest BCUT2D eigenvalue weighted by atomic mass is 9.99. The van der Waals surface area contributed by atoms with Crippen LogP contribution in [-0.2, 0) is 0 Å². The summed E-state index contributed by atoms with van der Waals surface area (Å²) < 4.78 is 15.8. The topological polar surface area (TPSA) is 34.0 Å². The lowest BCUT2D eigenvalue weighted by Crippen LogP contribution is -2.24. The molecule has 1 heterocycles. The number of halogens is 1. The highest BCUT2D eigenvalue weighted by Crippen LogP contribution is 2.37. The molecule has 0 radical (unpaired) electrons. The molecule has 1 aromatic heterocycles. The zero-order chi connectivity index (χ0) is 17.1. The van der Waals surface area contributed by atoms with Gasteiger partial charge in [0.05, 0.1) is 11.7 Å². The molecule has 1 saturated carbocycles. The van der Waals surface area contributed by atoms with Crippen LogP contribution in [0.15, 0.2) is 59.7 Å². The average Bonchev–Trinajstić information content (AvgIpc) is 3.36. The smallest absolute Gasteiger partial charge is 0.251 e. The number of hydrogen-bond donors (Lipinski definition) is 1. The normalized spacial score (nSPS) is 15.1. The van der Waals surface area contributed by atoms with Crippen molar-refractivity contribution in [3.63, 3.8) is 0 Å². The second kappa shape index (κ2) is 7.04. The van der Waals surface area contributed by atoms with Crippen molar-refractivity contribution < 1.29 is 4.39 Å². The lowest BCUT2D eigenvalue weighted by molar-refractivity contribution is 0.487. The van der Waals surface area contributed by atoms with Crippen LogP contribution in [0.2, 0.25) is 0 Å². The Morgan fingerprint density at radius 2 is 2.17 bits per heavy atom. The number of aromatic nitrogens is 1. The third kappa shape index (κ3) is 3.94. The molecule has 1 aliphatic rings. The fraction of sp³-hybridized carbons (Fsp3) is 0.350. The van der Waals surface area contributed by atoms with Gasteiger partial charge in [-0.2, -0.15) is 0 Å². The summed E-state index contributed by atoms with van der Waals surface area (Å²) in [5, 5.41) is 2.95. The maximum absolute atomic E-state index is 14.0. The average molecular weight is 326 g/mol. The van der Waals surface area contributed by atoms with Crippen molar-refractivity contribution in [1.82, 2.24) is 4.57 Å². The first kappa shape index (κ1) is 16.5. The first-order chi connectivity index (χ1) is 11.5. The van der Waals surface area contributed by atoms with Gasteiger partial charge in [-0.15, -0.1) is 0 Å². The van der Waals surface area contributed by atoms with Crippen molar-refractivity contribution in [2.75, 3.05) is 5.32 Å². The Labute approximate surface area is 141 Å². The van der Waals surface area contributed by atoms with Crippen molar-refractivity contribution in [1.29, 1.82) is 0 Å². The van der Waals surface area contributed by atoms with E-state index in [1.807, 2.05) is 12.3 Å². The first-order valence-electron chi connectivity index (χ1n) is 8.44. The summed E-state index contributed by atoms with van der Waals surface area (Å²) in [5.41, 5.74) is 1.99. The Bertz CT molecular complexity index is 792. The molecule has 1 aromatic carbocycles. The molecule has 1 N–H and O–H groups in total. The highest BCUT2D eigenvalue weighted by Gasteiger charge is 2.24. The summed E-state index contributed by atoms with van der Waals surface area (Å²) in [7, 11) is 0. The van der Waals surface area contributed by atoms with E-state index in [-0.39, 0.29) is 17.4 Å². The number of hydrogen-bond acceptors (Lipinski definition) is 2. The molecule has 0 bridgehead atoms. The van der Waals surface area contributed by atoms with Crippen molar-refractivity contribution >= 4 is 5.69 Å². The van der Waals surface area contributed by atoms with Crippen LogP contribution < -0.4 is 10.9 Å². The quantitative estimate of drug-likeness (QED) is 0.799. The molecule has 1 aliphatic carbocycles. The van der Waals surface area contributed by atoms with Crippen LogP contribution in [0.4, 0.5) is 10.1 Å². The number of benzene rings is 1. The number of rotatable bonds is 7. The van der Waals surface area contributed by atoms with Gasteiger partial charge < -0.3 is 9.88 Å². The van der Waals surface area contributed by atoms with Gasteiger partial charge >= 0.3 is 0 Å². The second-order valence-electron chi connectivity index (χ2n) is 6.63. The van der Waals surface area contributed by atoms with Crippen LogP contribution in [0.1, 0.15) is 44.2 Å². The minimum Gasteiger partial charge on any atom is -0.357 e. The van der Waals surface area contributed by atoms with E-state index >= 15 is 0 Å². The monoisotopic (exact) mass is 326 g/mol. The highest BCUT2D eigenvalue weighted by molar-refractivity contribution is 5.51. The fourth-order valence-corrected chi connectivity index (χ4v) is 3.04. The van der Waals surface area contributed by atoms with E-state index < -0.39 is 0 Å². The summed E-state index contributed by atoms with van der Waals surface area (Å²) in [5.74, 6) is 0.462. The number of nitrogens with zero attached hydrogens (tertiary/aromatic N) is 1. The summed E-state index contributed by atoms with van der Waals surface area (Å²) in [4.78, 5) is 12.3. The number of anilines is 1. The molecule has 0 amide bonds. The maximum Gasteiger partial charge on any atom is 0.251 e. The second-order valence-corrected chi connectivity index (χ2v) is 6.63. The van der Waals surface area contributed by atoms with Gasteiger partial charge in [-0.1, -0.05) is 31.6 Å². The molecular formula is C20H23FN2O. The van der Waals surface area contributed by atoms with Gasteiger partial charge in [0, 0.05) is 18.0 Å². The van der Waals surface area contributed by atoms with Gasteiger partial charge in [0.15, 0.2) is 0 Å². The predicted octanol–water partition coefficient (Wildman–Crippen LogP) is 4.71. The van der Waals surface area contributed by atoms with Gasteiger partial charge in [-0.25, -0.2) is 4.39 Å². The maximum atomic E-state index is 14.0. The number of pyridine rings is 1. The van der Waals surface area contributed by atoms with Crippen LogP contribution in [0, 0.1) is 11.7 Å². The van der Waals surface area contributed by atoms with E-state index in [0.29, 0.717) is 11.4 Å². The van der Waals surface area contributed by atoms with Crippen LogP contribution in [0.5, 0.6) is 0 Å². The van der Waals surface area contributed by atoms with Crippen molar-refractivity contribution in [3.05, 3.63) is 76.6 Å². The zero-order valence-electron chi connectivity index (χ0n) is 14.0. The summed E-state index contributed by atoms with van der Waals surface area (Å²) in [6.07, 6.45) is 6.35. The van der Waals surface area contributed by atoms with Crippen LogP contribution >= 0.6 is 0 Å². The minimum absolute atomic E-state index is 0.0305. The van der Waals surface area contributed by atoms with E-state index in [4.69, 9.17) is 0 Å². The molecule has 2 aromatic rings. The van der Waals surface area contributed by atoms with Gasteiger partial charge in [0.25, 0.3) is 5.56 Å². The molecule has 4 heteroatoms. The largest absolute Gasteiger partial charge is 0.357 e. The molecule has 3 nitrogen and oxygen atoms in total. The van der Waals surface area contributed by atoms with Crippen LogP contribution in [0.25, 0.3) is 0 Å². The van der Waals surface area contributed by atoms with E-state index in [9.17, 15) is 9.18 Å². The Kier molecular flexibility index (Phi) is 4.84. The van der Waals surface area contributed by atoms with E-state index in [1.54, 1.807) is 35.8 Å². The van der Waals surface area contributed by atoms with Gasteiger partial charge in [-0.05, 0) is 49.4 Å². The van der Waals surface area contributed by atoms with Crippen LogP contribution in [-0.4, -0.2) is 4.57 Å². The Morgan fingerprint density at radius 3 is 2.83 bits per heavy atom. The van der Waals surface area contributed by atoms with Crippen molar-refractivity contribution in [3.8, 4) is 0 Å². The molecule has 1 atom stereocenters. The first-order valence-corrected chi connectivity index (χ1v) is 8.44. The van der Waals surface area contributed by atoms with E-state index in [1.165, 1.54) is 18.9 Å². The molecule has 126 valence electrons. The van der Waals surface area contributed by atoms with Gasteiger partial charge in [0.1, 0.15) is 5.82 Å². The lowest BCUT2D eigenvalue weighted by Gasteiger charge is -2.21. The van der Waals surface area contributed by atoms with Crippen molar-refractivity contribution in [2.24, 2.45) is 5.92 Å². The van der Waals surface area contributed by atoms with Crippen molar-refractivity contribution in [2.45, 2.75) is 38.6 Å². The highest BCUT2D eigenvalue weighted by atomic mass is 19.1. The van der Waals surface area contributed by atoms with Crippen LogP contribution in [0.3, 0.4) is 0 Å². The van der Waals surface area contributed by atoms with E-state index in [0.717, 1.165) is 24.3 Å². The summed E-state index contributed by atoms with van der Waals surface area (Å²) >= 11 is 0. The molecule has 0 aliphatic heterocycles. The molecular weight excluding hydrogens is 303 g/mol. The SMILES string of the molecule is C=C(C)Nc1cc(C(CCC2CC2)n2ccccc2=O)ccc1F.